The molecular formula is C21H35N5. The van der Waals surface area contributed by atoms with Gasteiger partial charge in [-0.15, -0.1) is 0 Å². The van der Waals surface area contributed by atoms with Crippen molar-refractivity contribution in [3.63, 3.8) is 0 Å². The number of aromatic amines is 1. The van der Waals surface area contributed by atoms with Crippen molar-refractivity contribution < 1.29 is 0 Å². The standard InChI is InChI=1S/C21H35N5/c1-7-10-25(6)15-19-12-23-24-21(19)18-8-9-20(22-11-18)26(13-16(2)3)14-17(4)5/h8-9,11-12,16-17H,7,10,13-15H2,1-6H3,(H,23,24). The summed E-state index contributed by atoms with van der Waals surface area (Å²) in [5.41, 5.74) is 3.39. The highest BCUT2D eigenvalue weighted by molar-refractivity contribution is 5.63. The number of pyridine rings is 1. The van der Waals surface area contributed by atoms with Crippen LogP contribution in [0.1, 0.15) is 46.6 Å². The lowest BCUT2D eigenvalue weighted by molar-refractivity contribution is 0.328. The Kier molecular flexibility index (Phi) is 7.64. The van der Waals surface area contributed by atoms with Crippen molar-refractivity contribution in [2.45, 2.75) is 47.6 Å². The lowest BCUT2D eigenvalue weighted by Crippen LogP contribution is -2.31. The number of hydrogen-bond donors (Lipinski definition) is 1. The van der Waals surface area contributed by atoms with Gasteiger partial charge in [-0.1, -0.05) is 34.6 Å². The van der Waals surface area contributed by atoms with Crippen LogP contribution in [0.5, 0.6) is 0 Å². The number of nitrogens with one attached hydrogen (secondary N) is 1. The largest absolute Gasteiger partial charge is 0.356 e. The summed E-state index contributed by atoms with van der Waals surface area (Å²) in [7, 11) is 2.15. The molecule has 0 fully saturated rings. The quantitative estimate of drug-likeness (QED) is 0.683. The monoisotopic (exact) mass is 357 g/mol. The molecule has 26 heavy (non-hydrogen) atoms. The molecule has 0 spiro atoms. The van der Waals surface area contributed by atoms with E-state index in [1.165, 1.54) is 5.56 Å². The van der Waals surface area contributed by atoms with Gasteiger partial charge in [-0.2, -0.15) is 5.10 Å². The Morgan fingerprint density at radius 1 is 1.04 bits per heavy atom. The summed E-state index contributed by atoms with van der Waals surface area (Å²) in [5, 5.41) is 7.41. The predicted molar refractivity (Wildman–Crippen MR) is 110 cm³/mol. The number of aromatic nitrogens is 3. The average Bonchev–Trinajstić information content (AvgIpc) is 3.01. The molecule has 5 heteroatoms. The van der Waals surface area contributed by atoms with Crippen LogP contribution in [0.3, 0.4) is 0 Å². The van der Waals surface area contributed by atoms with Crippen molar-refractivity contribution in [3.8, 4) is 11.3 Å². The van der Waals surface area contributed by atoms with Crippen LogP contribution in [0.15, 0.2) is 24.5 Å². The number of hydrogen-bond acceptors (Lipinski definition) is 4. The topological polar surface area (TPSA) is 48.1 Å². The molecule has 0 amide bonds. The summed E-state index contributed by atoms with van der Waals surface area (Å²) in [5.74, 6) is 2.28. The van der Waals surface area contributed by atoms with E-state index in [9.17, 15) is 0 Å². The zero-order valence-corrected chi connectivity index (χ0v) is 17.3. The summed E-state index contributed by atoms with van der Waals surface area (Å²) in [6.45, 7) is 15.3. The molecule has 0 unspecified atom stereocenters. The van der Waals surface area contributed by atoms with Crippen LogP contribution in [0.2, 0.25) is 0 Å². The van der Waals surface area contributed by atoms with Crippen molar-refractivity contribution in [3.05, 3.63) is 30.1 Å². The van der Waals surface area contributed by atoms with E-state index >= 15 is 0 Å². The second-order valence-corrected chi connectivity index (χ2v) is 8.11. The molecule has 0 aliphatic carbocycles. The van der Waals surface area contributed by atoms with Crippen molar-refractivity contribution in [1.29, 1.82) is 0 Å². The van der Waals surface area contributed by atoms with E-state index < -0.39 is 0 Å². The van der Waals surface area contributed by atoms with Gasteiger partial charge in [0.1, 0.15) is 5.82 Å². The van der Waals surface area contributed by atoms with Gasteiger partial charge in [-0.05, 0) is 44.0 Å². The van der Waals surface area contributed by atoms with Gasteiger partial charge in [0, 0.05) is 37.0 Å². The molecule has 2 aromatic rings. The van der Waals surface area contributed by atoms with Crippen LogP contribution in [-0.4, -0.2) is 46.8 Å². The molecular weight excluding hydrogens is 322 g/mol. The van der Waals surface area contributed by atoms with E-state index in [1.54, 1.807) is 0 Å². The minimum Gasteiger partial charge on any atom is -0.356 e. The minimum atomic E-state index is 0.614. The molecule has 0 saturated carbocycles. The fourth-order valence-electron chi connectivity index (χ4n) is 3.30. The first-order valence-corrected chi connectivity index (χ1v) is 9.82. The molecule has 5 nitrogen and oxygen atoms in total. The molecule has 2 heterocycles. The summed E-state index contributed by atoms with van der Waals surface area (Å²) in [6.07, 6.45) is 5.06. The number of rotatable bonds is 10. The van der Waals surface area contributed by atoms with Crippen LogP contribution in [0.4, 0.5) is 5.82 Å². The highest BCUT2D eigenvalue weighted by Gasteiger charge is 2.14. The fourth-order valence-corrected chi connectivity index (χ4v) is 3.30. The Hall–Kier alpha value is -1.88. The molecule has 1 N–H and O–H groups in total. The number of anilines is 1. The lowest BCUT2D eigenvalue weighted by atomic mass is 10.1. The van der Waals surface area contributed by atoms with Crippen molar-refractivity contribution in [2.75, 3.05) is 31.6 Å². The van der Waals surface area contributed by atoms with Gasteiger partial charge in [0.15, 0.2) is 0 Å². The molecule has 2 aromatic heterocycles. The number of nitrogens with zero attached hydrogens (tertiary/aromatic N) is 4. The van der Waals surface area contributed by atoms with Gasteiger partial charge in [0.05, 0.1) is 11.9 Å². The smallest absolute Gasteiger partial charge is 0.128 e. The predicted octanol–water partition coefficient (Wildman–Crippen LogP) is 4.43. The molecule has 0 radical (unpaired) electrons. The van der Waals surface area contributed by atoms with Gasteiger partial charge < -0.3 is 9.80 Å². The highest BCUT2D eigenvalue weighted by atomic mass is 15.2. The maximum absolute atomic E-state index is 4.76. The lowest BCUT2D eigenvalue weighted by Gasteiger charge is -2.27. The van der Waals surface area contributed by atoms with E-state index in [-0.39, 0.29) is 0 Å². The third-order valence-electron chi connectivity index (χ3n) is 4.30. The molecule has 0 aromatic carbocycles. The average molecular weight is 358 g/mol. The molecule has 0 bridgehead atoms. The Morgan fingerprint density at radius 3 is 2.27 bits per heavy atom. The van der Waals surface area contributed by atoms with Crippen LogP contribution >= 0.6 is 0 Å². The molecule has 0 atom stereocenters. The Bertz CT molecular complexity index is 635. The van der Waals surface area contributed by atoms with Crippen LogP contribution < -0.4 is 4.90 Å². The second-order valence-electron chi connectivity index (χ2n) is 8.11. The summed E-state index contributed by atoms with van der Waals surface area (Å²) >= 11 is 0. The Balaban J connectivity index is 2.17. The Labute approximate surface area is 158 Å². The second kappa shape index (κ2) is 9.72. The zero-order chi connectivity index (χ0) is 19.1. The molecule has 0 aliphatic rings. The van der Waals surface area contributed by atoms with Crippen LogP contribution in [-0.2, 0) is 6.54 Å². The normalized spacial score (nSPS) is 11.7. The van der Waals surface area contributed by atoms with Gasteiger partial charge in [-0.25, -0.2) is 4.98 Å². The molecule has 144 valence electrons. The highest BCUT2D eigenvalue weighted by Crippen LogP contribution is 2.24. The van der Waals surface area contributed by atoms with Crippen LogP contribution in [0.25, 0.3) is 11.3 Å². The Morgan fingerprint density at radius 2 is 1.73 bits per heavy atom. The van der Waals surface area contributed by atoms with E-state index in [0.29, 0.717) is 11.8 Å². The summed E-state index contributed by atoms with van der Waals surface area (Å²) < 4.78 is 0. The fraction of sp³-hybridized carbons (Fsp3) is 0.619. The zero-order valence-electron chi connectivity index (χ0n) is 17.3. The maximum atomic E-state index is 4.76. The van der Waals surface area contributed by atoms with Gasteiger partial charge >= 0.3 is 0 Å². The van der Waals surface area contributed by atoms with Crippen molar-refractivity contribution >= 4 is 5.82 Å². The van der Waals surface area contributed by atoms with E-state index in [4.69, 9.17) is 4.98 Å². The van der Waals surface area contributed by atoms with E-state index in [1.807, 2.05) is 12.4 Å². The summed E-state index contributed by atoms with van der Waals surface area (Å²) in [6, 6.07) is 4.30. The molecule has 0 saturated heterocycles. The van der Waals surface area contributed by atoms with Crippen LogP contribution in [0, 0.1) is 11.8 Å². The first-order valence-electron chi connectivity index (χ1n) is 9.82. The summed E-state index contributed by atoms with van der Waals surface area (Å²) in [4.78, 5) is 9.48. The minimum absolute atomic E-state index is 0.614. The van der Waals surface area contributed by atoms with Crippen molar-refractivity contribution in [2.24, 2.45) is 11.8 Å². The van der Waals surface area contributed by atoms with Gasteiger partial charge in [0.25, 0.3) is 0 Å². The van der Waals surface area contributed by atoms with Crippen molar-refractivity contribution in [1.82, 2.24) is 20.1 Å². The SMILES string of the molecule is CCCN(C)Cc1cn[nH]c1-c1ccc(N(CC(C)C)CC(C)C)nc1. The van der Waals surface area contributed by atoms with E-state index in [0.717, 1.165) is 49.7 Å². The van der Waals surface area contributed by atoms with Gasteiger partial charge in [-0.3, -0.25) is 5.10 Å². The third kappa shape index (κ3) is 5.84. The third-order valence-corrected chi connectivity index (χ3v) is 4.30. The first kappa shape index (κ1) is 20.4. The molecule has 0 aliphatic heterocycles. The number of H-pyrrole nitrogens is 1. The molecule has 2 rings (SSSR count). The maximum Gasteiger partial charge on any atom is 0.128 e. The van der Waals surface area contributed by atoms with Gasteiger partial charge in [0.2, 0.25) is 0 Å². The van der Waals surface area contributed by atoms with E-state index in [2.05, 4.69) is 73.8 Å². The first-order chi connectivity index (χ1) is 12.4.